The van der Waals surface area contributed by atoms with Crippen molar-refractivity contribution in [3.8, 4) is 5.75 Å². The SMILES string of the molecule is O=C(CO[C@H]1C[C@@H](OC(F)(F)F)C1)NC12CCC(NC(=O)[C@H]3C[C@@H](O)c4cc(Cl)ccc4O3)(C1)C2. The maximum Gasteiger partial charge on any atom is 0.522 e. The fourth-order valence-corrected chi connectivity index (χ4v) is 5.94. The number of carbonyl (C=O) groups excluding carboxylic acids is 2. The minimum Gasteiger partial charge on any atom is -0.480 e. The normalized spacial score (nSPS) is 35.2. The Hall–Kier alpha value is -2.08. The summed E-state index contributed by atoms with van der Waals surface area (Å²) in [6.07, 6.45) is -4.86. The van der Waals surface area contributed by atoms with Crippen molar-refractivity contribution in [2.45, 2.75) is 86.8 Å². The molecule has 0 aromatic heterocycles. The van der Waals surface area contributed by atoms with E-state index in [9.17, 15) is 27.9 Å². The highest BCUT2D eigenvalue weighted by Crippen LogP contribution is 2.55. The van der Waals surface area contributed by atoms with E-state index in [0.29, 0.717) is 42.0 Å². The molecule has 2 bridgehead atoms. The first-order chi connectivity index (χ1) is 16.4. The highest BCUT2D eigenvalue weighted by molar-refractivity contribution is 6.30. The molecule has 192 valence electrons. The van der Waals surface area contributed by atoms with Crippen molar-refractivity contribution >= 4 is 23.4 Å². The smallest absolute Gasteiger partial charge is 0.480 e. The van der Waals surface area contributed by atoms with Crippen LogP contribution in [0.2, 0.25) is 5.02 Å². The molecular formula is C23H26ClF3N2O6. The first-order valence-corrected chi connectivity index (χ1v) is 11.9. The van der Waals surface area contributed by atoms with E-state index in [-0.39, 0.29) is 37.7 Å². The van der Waals surface area contributed by atoms with E-state index in [0.717, 1.165) is 0 Å². The van der Waals surface area contributed by atoms with E-state index in [4.69, 9.17) is 21.1 Å². The van der Waals surface area contributed by atoms with Crippen molar-refractivity contribution in [1.29, 1.82) is 0 Å². The average molecular weight is 519 g/mol. The van der Waals surface area contributed by atoms with Crippen molar-refractivity contribution in [2.75, 3.05) is 6.61 Å². The molecule has 2 atom stereocenters. The predicted octanol–water partition coefficient (Wildman–Crippen LogP) is 2.91. The minimum atomic E-state index is -4.66. The average Bonchev–Trinajstić information content (AvgIpc) is 3.23. The molecule has 4 saturated carbocycles. The van der Waals surface area contributed by atoms with E-state index < -0.39 is 41.9 Å². The second-order valence-electron chi connectivity index (χ2n) is 10.1. The third-order valence-electron chi connectivity index (χ3n) is 7.36. The van der Waals surface area contributed by atoms with Crippen LogP contribution in [0, 0.1) is 0 Å². The number of fused-ring (bicyclic) bond motifs is 2. The van der Waals surface area contributed by atoms with E-state index in [1.54, 1.807) is 18.2 Å². The van der Waals surface area contributed by atoms with Gasteiger partial charge in [-0.3, -0.25) is 14.3 Å². The van der Waals surface area contributed by atoms with Gasteiger partial charge in [-0.25, -0.2) is 0 Å². The van der Waals surface area contributed by atoms with E-state index in [1.165, 1.54) is 0 Å². The highest BCUT2D eigenvalue weighted by atomic mass is 35.5. The van der Waals surface area contributed by atoms with Crippen LogP contribution >= 0.6 is 11.6 Å². The number of carbonyl (C=O) groups is 2. The summed E-state index contributed by atoms with van der Waals surface area (Å²) < 4.78 is 51.6. The van der Waals surface area contributed by atoms with Gasteiger partial charge in [0, 0.05) is 40.9 Å². The Labute approximate surface area is 204 Å². The quantitative estimate of drug-likeness (QED) is 0.512. The molecule has 1 aromatic rings. The van der Waals surface area contributed by atoms with Crippen molar-refractivity contribution in [1.82, 2.24) is 10.6 Å². The second kappa shape index (κ2) is 8.79. The summed E-state index contributed by atoms with van der Waals surface area (Å²) in [7, 11) is 0. The van der Waals surface area contributed by atoms with Crippen LogP contribution in [0.3, 0.4) is 0 Å². The Morgan fingerprint density at radius 3 is 2.49 bits per heavy atom. The lowest BCUT2D eigenvalue weighted by atomic mass is 9.71. The van der Waals surface area contributed by atoms with Gasteiger partial charge in [0.2, 0.25) is 5.91 Å². The number of alkyl halides is 3. The lowest BCUT2D eigenvalue weighted by Gasteiger charge is -2.48. The number of ether oxygens (including phenoxy) is 3. The zero-order chi connectivity index (χ0) is 25.0. The highest BCUT2D eigenvalue weighted by Gasteiger charge is 2.62. The Balaban J connectivity index is 1.06. The molecule has 35 heavy (non-hydrogen) atoms. The zero-order valence-corrected chi connectivity index (χ0v) is 19.5. The number of amides is 2. The summed E-state index contributed by atoms with van der Waals surface area (Å²) in [5, 5.41) is 16.9. The van der Waals surface area contributed by atoms with Crippen LogP contribution in [0.1, 0.15) is 56.6 Å². The topological polar surface area (TPSA) is 106 Å². The van der Waals surface area contributed by atoms with Crippen LogP contribution in [0.5, 0.6) is 5.75 Å². The number of aliphatic hydroxyl groups excluding tert-OH is 1. The van der Waals surface area contributed by atoms with Crippen LogP contribution in [-0.4, -0.2) is 59.3 Å². The lowest BCUT2D eigenvalue weighted by Crippen LogP contribution is -2.66. The van der Waals surface area contributed by atoms with Gasteiger partial charge in [0.15, 0.2) is 6.10 Å². The molecule has 1 aromatic carbocycles. The Morgan fingerprint density at radius 1 is 1.11 bits per heavy atom. The molecule has 0 radical (unpaired) electrons. The number of halogens is 4. The molecule has 4 aliphatic carbocycles. The molecule has 6 rings (SSSR count). The molecule has 0 spiro atoms. The molecule has 3 N–H and O–H groups in total. The minimum absolute atomic E-state index is 0.0997. The van der Waals surface area contributed by atoms with E-state index >= 15 is 0 Å². The van der Waals surface area contributed by atoms with Crippen LogP contribution in [0.25, 0.3) is 0 Å². The largest absolute Gasteiger partial charge is 0.522 e. The summed E-state index contributed by atoms with van der Waals surface area (Å²) in [4.78, 5) is 25.2. The van der Waals surface area contributed by atoms with Gasteiger partial charge >= 0.3 is 6.36 Å². The lowest BCUT2D eigenvalue weighted by molar-refractivity contribution is -0.357. The van der Waals surface area contributed by atoms with Gasteiger partial charge in [-0.1, -0.05) is 11.6 Å². The number of benzene rings is 1. The first-order valence-electron chi connectivity index (χ1n) is 11.6. The molecule has 4 fully saturated rings. The summed E-state index contributed by atoms with van der Waals surface area (Å²) in [5.41, 5.74) is -0.305. The molecule has 2 amide bonds. The molecule has 0 unspecified atom stereocenters. The van der Waals surface area contributed by atoms with Gasteiger partial charge in [-0.15, -0.1) is 13.2 Å². The van der Waals surface area contributed by atoms with E-state index in [2.05, 4.69) is 15.4 Å². The third-order valence-corrected chi connectivity index (χ3v) is 7.60. The maximum absolute atomic E-state index is 12.9. The number of hydrogen-bond donors (Lipinski definition) is 3. The Morgan fingerprint density at radius 2 is 1.80 bits per heavy atom. The first kappa shape index (κ1) is 24.6. The van der Waals surface area contributed by atoms with Crippen LogP contribution in [-0.2, 0) is 19.1 Å². The number of hydrogen-bond acceptors (Lipinski definition) is 6. The standard InChI is InChI=1S/C23H26ClF3N2O6/c24-12-1-2-17-15(5-12)16(30)8-18(34-17)20(32)29-22-4-3-21(10-22,11-22)28-19(31)9-33-13-6-14(7-13)35-23(25,26)27/h1-2,5,13-14,16,18,30H,3-4,6-11H2,(H,28,31)(H,29,32)/t13-,14+,16-,18-,21?,22?/m1/s1. The summed E-state index contributed by atoms with van der Waals surface area (Å²) in [6, 6.07) is 4.89. The van der Waals surface area contributed by atoms with Gasteiger partial charge in [-0.05, 0) is 43.9 Å². The summed E-state index contributed by atoms with van der Waals surface area (Å²) in [5.74, 6) is -0.216. The Kier molecular flexibility index (Phi) is 6.18. The van der Waals surface area contributed by atoms with Gasteiger partial charge in [0.25, 0.3) is 5.91 Å². The van der Waals surface area contributed by atoms with Gasteiger partial charge in [-0.2, -0.15) is 0 Å². The van der Waals surface area contributed by atoms with Gasteiger partial charge < -0.3 is 25.2 Å². The van der Waals surface area contributed by atoms with Crippen LogP contribution in [0.15, 0.2) is 18.2 Å². The number of aliphatic hydroxyl groups is 1. The van der Waals surface area contributed by atoms with Crippen molar-refractivity contribution in [3.63, 3.8) is 0 Å². The number of rotatable bonds is 7. The van der Waals surface area contributed by atoms with Gasteiger partial charge in [0.05, 0.1) is 18.3 Å². The fourth-order valence-electron chi connectivity index (χ4n) is 5.76. The summed E-state index contributed by atoms with van der Waals surface area (Å²) in [6.45, 7) is -0.234. The van der Waals surface area contributed by atoms with Crippen molar-refractivity contribution in [2.24, 2.45) is 0 Å². The monoisotopic (exact) mass is 518 g/mol. The van der Waals surface area contributed by atoms with Crippen LogP contribution in [0.4, 0.5) is 13.2 Å². The molecule has 5 aliphatic rings. The number of nitrogens with one attached hydrogen (secondary N) is 2. The fraction of sp³-hybridized carbons (Fsp3) is 0.652. The Bertz CT molecular complexity index is 1010. The summed E-state index contributed by atoms with van der Waals surface area (Å²) >= 11 is 5.97. The van der Waals surface area contributed by atoms with E-state index in [1.807, 2.05) is 0 Å². The molecule has 0 saturated heterocycles. The molecule has 1 aliphatic heterocycles. The molecule has 8 nitrogen and oxygen atoms in total. The molecular weight excluding hydrogens is 493 g/mol. The van der Waals surface area contributed by atoms with Crippen molar-refractivity contribution in [3.05, 3.63) is 28.8 Å². The molecule has 12 heteroatoms. The predicted molar refractivity (Wildman–Crippen MR) is 116 cm³/mol. The molecule has 1 heterocycles. The van der Waals surface area contributed by atoms with Crippen molar-refractivity contribution < 1.29 is 42.1 Å². The van der Waals surface area contributed by atoms with Crippen LogP contribution < -0.4 is 15.4 Å². The second-order valence-corrected chi connectivity index (χ2v) is 10.5. The third kappa shape index (κ3) is 5.23. The maximum atomic E-state index is 12.9. The zero-order valence-electron chi connectivity index (χ0n) is 18.7. The van der Waals surface area contributed by atoms with Gasteiger partial charge in [0.1, 0.15) is 12.4 Å².